The number of ether oxygens (including phenoxy) is 3. The number of carbonyl (C=O) groups is 3. The molecule has 0 radical (unpaired) electrons. The number of methoxy groups -OCH3 is 3. The number of carbonyl (C=O) groups excluding carboxylic acids is 3. The van der Waals surface area contributed by atoms with Crippen LogP contribution in [0.1, 0.15) is 31.1 Å². The Morgan fingerprint density at radius 1 is 0.889 bits per heavy atom. The zero-order chi connectivity index (χ0) is 19.7. The normalized spacial score (nSPS) is 12.7. The van der Waals surface area contributed by atoms with Gasteiger partial charge in [0.2, 0.25) is 5.75 Å². The van der Waals surface area contributed by atoms with E-state index < -0.39 is 11.8 Å². The molecule has 1 N–H and O–H groups in total. The second kappa shape index (κ2) is 6.99. The molecule has 3 rings (SSSR count). The van der Waals surface area contributed by atoms with E-state index >= 15 is 0 Å². The van der Waals surface area contributed by atoms with Crippen molar-refractivity contribution in [3.63, 3.8) is 0 Å². The van der Waals surface area contributed by atoms with Crippen molar-refractivity contribution in [3.8, 4) is 17.2 Å². The van der Waals surface area contributed by atoms with E-state index in [2.05, 4.69) is 5.32 Å². The number of rotatable bonds is 5. The van der Waals surface area contributed by atoms with Crippen molar-refractivity contribution >= 4 is 23.4 Å². The van der Waals surface area contributed by atoms with Gasteiger partial charge in [0.1, 0.15) is 0 Å². The van der Waals surface area contributed by atoms with Gasteiger partial charge in [-0.2, -0.15) is 0 Å². The van der Waals surface area contributed by atoms with Crippen LogP contribution in [0.15, 0.2) is 30.3 Å². The second-order valence-corrected chi connectivity index (χ2v) is 5.80. The van der Waals surface area contributed by atoms with E-state index in [1.807, 2.05) is 0 Å². The minimum Gasteiger partial charge on any atom is -0.493 e. The monoisotopic (exact) mass is 370 g/mol. The molecule has 0 saturated heterocycles. The maximum absolute atomic E-state index is 12.6. The lowest BCUT2D eigenvalue weighted by Crippen LogP contribution is -2.24. The molecule has 1 heterocycles. The third-order valence-corrected chi connectivity index (χ3v) is 4.27. The first-order valence-corrected chi connectivity index (χ1v) is 7.99. The van der Waals surface area contributed by atoms with Crippen molar-refractivity contribution < 1.29 is 28.6 Å². The molecule has 1 aliphatic rings. The molecule has 0 saturated carbocycles. The first-order chi connectivity index (χ1) is 12.9. The Hall–Kier alpha value is -3.55. The number of hydrogen-bond acceptors (Lipinski definition) is 6. The van der Waals surface area contributed by atoms with Crippen LogP contribution in [0.25, 0.3) is 0 Å². The number of nitrogens with one attached hydrogen (secondary N) is 1. The van der Waals surface area contributed by atoms with Crippen LogP contribution in [0.5, 0.6) is 17.2 Å². The molecule has 2 aromatic carbocycles. The maximum Gasteiger partial charge on any atom is 0.261 e. The highest BCUT2D eigenvalue weighted by atomic mass is 16.5. The molecule has 2 aromatic rings. The lowest BCUT2D eigenvalue weighted by Gasteiger charge is -2.14. The Kier molecular flexibility index (Phi) is 4.72. The van der Waals surface area contributed by atoms with Gasteiger partial charge < -0.3 is 19.5 Å². The molecule has 0 aliphatic carbocycles. The molecule has 1 aliphatic heterocycles. The van der Waals surface area contributed by atoms with Gasteiger partial charge in [0.25, 0.3) is 17.7 Å². The third kappa shape index (κ3) is 3.05. The van der Waals surface area contributed by atoms with Crippen LogP contribution in [0.2, 0.25) is 0 Å². The quantitative estimate of drug-likeness (QED) is 0.811. The van der Waals surface area contributed by atoms with Crippen LogP contribution in [-0.4, -0.2) is 51.0 Å². The fourth-order valence-electron chi connectivity index (χ4n) is 2.85. The standard InChI is InChI=1S/C19H18N2O6/c1-21-18(23)12-6-5-11(9-13(12)19(21)24)20-17(22)10-7-14(25-2)16(27-4)15(8-10)26-3/h5-9H,1-4H3,(H,20,22). The fourth-order valence-corrected chi connectivity index (χ4v) is 2.85. The van der Waals surface area contributed by atoms with Gasteiger partial charge in [0.15, 0.2) is 11.5 Å². The van der Waals surface area contributed by atoms with Crippen LogP contribution in [0, 0.1) is 0 Å². The summed E-state index contributed by atoms with van der Waals surface area (Å²) in [5, 5.41) is 2.71. The highest BCUT2D eigenvalue weighted by molar-refractivity contribution is 6.21. The van der Waals surface area contributed by atoms with E-state index in [0.29, 0.717) is 28.5 Å². The van der Waals surface area contributed by atoms with Crippen LogP contribution in [0.4, 0.5) is 5.69 Å². The average Bonchev–Trinajstić information content (AvgIpc) is 2.90. The number of fused-ring (bicyclic) bond motifs is 1. The van der Waals surface area contributed by atoms with Crippen molar-refractivity contribution in [3.05, 3.63) is 47.0 Å². The lowest BCUT2D eigenvalue weighted by molar-refractivity contribution is 0.0692. The smallest absolute Gasteiger partial charge is 0.261 e. The molecule has 8 heteroatoms. The predicted octanol–water partition coefficient (Wildman–Crippen LogP) is 2.19. The lowest BCUT2D eigenvalue weighted by atomic mass is 10.1. The van der Waals surface area contributed by atoms with Crippen molar-refractivity contribution in [1.29, 1.82) is 0 Å². The number of anilines is 1. The van der Waals surface area contributed by atoms with Gasteiger partial charge in [-0.15, -0.1) is 0 Å². The van der Waals surface area contributed by atoms with E-state index in [4.69, 9.17) is 14.2 Å². The van der Waals surface area contributed by atoms with Gasteiger partial charge in [-0.3, -0.25) is 19.3 Å². The van der Waals surface area contributed by atoms with E-state index in [1.54, 1.807) is 6.07 Å². The van der Waals surface area contributed by atoms with Gasteiger partial charge in [-0.1, -0.05) is 0 Å². The van der Waals surface area contributed by atoms with E-state index in [0.717, 1.165) is 4.90 Å². The number of nitrogens with zero attached hydrogens (tertiary/aromatic N) is 1. The zero-order valence-corrected chi connectivity index (χ0v) is 15.3. The molecule has 0 spiro atoms. The minimum absolute atomic E-state index is 0.255. The molecule has 8 nitrogen and oxygen atoms in total. The number of amides is 3. The van der Waals surface area contributed by atoms with Crippen molar-refractivity contribution in [2.75, 3.05) is 33.7 Å². The summed E-state index contributed by atoms with van der Waals surface area (Å²) in [6, 6.07) is 7.61. The predicted molar refractivity (Wildman–Crippen MR) is 96.9 cm³/mol. The van der Waals surface area contributed by atoms with E-state index in [9.17, 15) is 14.4 Å². The molecule has 0 aromatic heterocycles. The van der Waals surface area contributed by atoms with Gasteiger partial charge in [0, 0.05) is 18.3 Å². The van der Waals surface area contributed by atoms with E-state index in [-0.39, 0.29) is 17.0 Å². The van der Waals surface area contributed by atoms with Crippen LogP contribution in [0.3, 0.4) is 0 Å². The molecule has 0 bridgehead atoms. The molecule has 0 fully saturated rings. The van der Waals surface area contributed by atoms with Crippen molar-refractivity contribution in [2.24, 2.45) is 0 Å². The highest BCUT2D eigenvalue weighted by Crippen LogP contribution is 2.38. The number of imide groups is 1. The molecule has 0 unspecified atom stereocenters. The second-order valence-electron chi connectivity index (χ2n) is 5.80. The summed E-state index contributed by atoms with van der Waals surface area (Å²) in [5.74, 6) is -0.131. The minimum atomic E-state index is -0.431. The van der Waals surface area contributed by atoms with Crippen LogP contribution in [-0.2, 0) is 0 Å². The summed E-state index contributed by atoms with van der Waals surface area (Å²) < 4.78 is 15.7. The zero-order valence-electron chi connectivity index (χ0n) is 15.3. The Bertz CT molecular complexity index is 928. The van der Waals surface area contributed by atoms with Gasteiger partial charge >= 0.3 is 0 Å². The summed E-state index contributed by atoms with van der Waals surface area (Å²) in [4.78, 5) is 37.7. The topological polar surface area (TPSA) is 94.2 Å². The largest absolute Gasteiger partial charge is 0.493 e. The summed E-state index contributed by atoms with van der Waals surface area (Å²) in [7, 11) is 5.80. The number of benzene rings is 2. The molecule has 3 amide bonds. The maximum atomic E-state index is 12.6. The molecular formula is C19H18N2O6. The summed E-state index contributed by atoms with van der Waals surface area (Å²) in [5.41, 5.74) is 1.24. The van der Waals surface area contributed by atoms with Crippen LogP contribution >= 0.6 is 0 Å². The highest BCUT2D eigenvalue weighted by Gasteiger charge is 2.32. The summed E-state index contributed by atoms with van der Waals surface area (Å²) in [6.45, 7) is 0. The Labute approximate surface area is 155 Å². The summed E-state index contributed by atoms with van der Waals surface area (Å²) in [6.07, 6.45) is 0. The SMILES string of the molecule is COc1cc(C(=O)Nc2ccc3c(c2)C(=O)N(C)C3=O)cc(OC)c1OC. The third-order valence-electron chi connectivity index (χ3n) is 4.27. The van der Waals surface area contributed by atoms with Crippen LogP contribution < -0.4 is 19.5 Å². The summed E-state index contributed by atoms with van der Waals surface area (Å²) >= 11 is 0. The Morgan fingerprint density at radius 3 is 2.04 bits per heavy atom. The molecule has 140 valence electrons. The van der Waals surface area contributed by atoms with Crippen molar-refractivity contribution in [1.82, 2.24) is 4.90 Å². The molecular weight excluding hydrogens is 352 g/mol. The molecule has 27 heavy (non-hydrogen) atoms. The Balaban J connectivity index is 1.91. The number of hydrogen-bond donors (Lipinski definition) is 1. The Morgan fingerprint density at radius 2 is 1.48 bits per heavy atom. The first kappa shape index (κ1) is 18.2. The van der Waals surface area contributed by atoms with Gasteiger partial charge in [-0.25, -0.2) is 0 Å². The van der Waals surface area contributed by atoms with Gasteiger partial charge in [-0.05, 0) is 30.3 Å². The average molecular weight is 370 g/mol. The van der Waals surface area contributed by atoms with Gasteiger partial charge in [0.05, 0.1) is 32.5 Å². The van der Waals surface area contributed by atoms with E-state index in [1.165, 1.54) is 52.6 Å². The fraction of sp³-hybridized carbons (Fsp3) is 0.211. The molecule has 0 atom stereocenters. The first-order valence-electron chi connectivity index (χ1n) is 7.99. The van der Waals surface area contributed by atoms with Crippen molar-refractivity contribution in [2.45, 2.75) is 0 Å².